The Hall–Kier alpha value is -4.28. The highest BCUT2D eigenvalue weighted by molar-refractivity contribution is 5.89. The Morgan fingerprint density at radius 1 is 0.550 bits per heavy atom. The number of hydrogen-bond donors (Lipinski definition) is 6. The monoisotopic (exact) mass is 548 g/mol. The summed E-state index contributed by atoms with van der Waals surface area (Å²) >= 11 is 0. The number of hydrogen-bond acceptors (Lipinski definition) is 6. The summed E-state index contributed by atoms with van der Waals surface area (Å²) in [6, 6.07) is 21.2. The second kappa shape index (κ2) is 17.3. The zero-order valence-electron chi connectivity index (χ0n) is 23.2. The van der Waals surface area contributed by atoms with Crippen molar-refractivity contribution in [1.82, 2.24) is 21.3 Å². The standard InChI is InChI=1S/C30H40N6O4/c1-31-18-3-5-20-33-29(37)35-23-10-14-25(15-11-23)39-27-8-7-9-28(22-27)40-26-16-12-24(13-17-26)36-30(38)34-21-6-4-19-32-2/h7-17,22,31-32H,3-6,18-21H2,1-2H3,(H2,33,35,37)(H2,34,36,38). The van der Waals surface area contributed by atoms with Crippen LogP contribution in [0.25, 0.3) is 0 Å². The number of nitrogens with one attached hydrogen (secondary N) is 6. The van der Waals surface area contributed by atoms with Gasteiger partial charge < -0.3 is 41.4 Å². The fourth-order valence-electron chi connectivity index (χ4n) is 3.69. The lowest BCUT2D eigenvalue weighted by atomic mass is 10.3. The first-order valence-electron chi connectivity index (χ1n) is 13.6. The molecule has 0 fully saturated rings. The molecular formula is C30H40N6O4. The number of amides is 4. The Balaban J connectivity index is 1.44. The average Bonchev–Trinajstić information content (AvgIpc) is 2.95. The average molecular weight is 549 g/mol. The minimum Gasteiger partial charge on any atom is -0.457 e. The van der Waals surface area contributed by atoms with Crippen molar-refractivity contribution in [2.45, 2.75) is 25.7 Å². The van der Waals surface area contributed by atoms with Crippen LogP contribution in [0.4, 0.5) is 21.0 Å². The summed E-state index contributed by atoms with van der Waals surface area (Å²) in [5, 5.41) is 17.5. The van der Waals surface area contributed by atoms with E-state index in [0.717, 1.165) is 38.8 Å². The lowest BCUT2D eigenvalue weighted by molar-refractivity contribution is 0.251. The topological polar surface area (TPSA) is 125 Å². The van der Waals surface area contributed by atoms with Crippen molar-refractivity contribution < 1.29 is 19.1 Å². The molecule has 0 spiro atoms. The summed E-state index contributed by atoms with van der Waals surface area (Å²) in [6.07, 6.45) is 3.86. The largest absolute Gasteiger partial charge is 0.457 e. The Morgan fingerprint density at radius 3 is 1.35 bits per heavy atom. The molecule has 6 N–H and O–H groups in total. The minimum atomic E-state index is -0.231. The maximum Gasteiger partial charge on any atom is 0.319 e. The first-order chi connectivity index (χ1) is 19.6. The number of unbranched alkanes of at least 4 members (excludes halogenated alkanes) is 2. The van der Waals surface area contributed by atoms with Crippen LogP contribution in [0, 0.1) is 0 Å². The highest BCUT2D eigenvalue weighted by atomic mass is 16.5. The van der Waals surface area contributed by atoms with Gasteiger partial charge in [-0.25, -0.2) is 9.59 Å². The molecule has 214 valence electrons. The molecule has 0 atom stereocenters. The van der Waals surface area contributed by atoms with Gasteiger partial charge in [0.25, 0.3) is 0 Å². The third-order valence-corrected chi connectivity index (χ3v) is 5.78. The smallest absolute Gasteiger partial charge is 0.319 e. The fraction of sp³-hybridized carbons (Fsp3) is 0.333. The third kappa shape index (κ3) is 11.6. The van der Waals surface area contributed by atoms with Gasteiger partial charge in [-0.3, -0.25) is 0 Å². The predicted octanol–water partition coefficient (Wildman–Crippen LogP) is 5.51. The van der Waals surface area contributed by atoms with Crippen LogP contribution in [0.3, 0.4) is 0 Å². The van der Waals surface area contributed by atoms with E-state index in [1.165, 1.54) is 0 Å². The molecule has 0 saturated heterocycles. The van der Waals surface area contributed by atoms with Gasteiger partial charge in [-0.15, -0.1) is 0 Å². The second-order valence-corrected chi connectivity index (χ2v) is 9.11. The molecule has 3 aromatic rings. The molecule has 0 bridgehead atoms. The molecule has 4 amide bonds. The SMILES string of the molecule is CNCCCCNC(=O)Nc1ccc(Oc2cccc(Oc3ccc(NC(=O)NCCCCNC)cc3)c2)cc1. The molecule has 0 aliphatic rings. The molecule has 0 aliphatic carbocycles. The molecule has 0 radical (unpaired) electrons. The van der Waals surface area contributed by atoms with Crippen molar-refractivity contribution in [3.05, 3.63) is 72.8 Å². The van der Waals surface area contributed by atoms with E-state index in [1.807, 2.05) is 32.3 Å². The van der Waals surface area contributed by atoms with Crippen LogP contribution in [0.1, 0.15) is 25.7 Å². The van der Waals surface area contributed by atoms with Crippen molar-refractivity contribution in [3.63, 3.8) is 0 Å². The summed E-state index contributed by atoms with van der Waals surface area (Å²) in [4.78, 5) is 24.1. The van der Waals surface area contributed by atoms with E-state index in [9.17, 15) is 9.59 Å². The summed E-state index contributed by atoms with van der Waals surface area (Å²) in [5.41, 5.74) is 1.36. The highest BCUT2D eigenvalue weighted by Crippen LogP contribution is 2.29. The van der Waals surface area contributed by atoms with E-state index in [1.54, 1.807) is 54.6 Å². The van der Waals surface area contributed by atoms with E-state index in [0.29, 0.717) is 47.5 Å². The van der Waals surface area contributed by atoms with Crippen LogP contribution < -0.4 is 41.4 Å². The van der Waals surface area contributed by atoms with E-state index < -0.39 is 0 Å². The Morgan fingerprint density at radius 2 is 0.950 bits per heavy atom. The molecule has 0 aliphatic heterocycles. The molecule has 0 aromatic heterocycles. The first-order valence-corrected chi connectivity index (χ1v) is 13.6. The number of carbonyl (C=O) groups is 2. The summed E-state index contributed by atoms with van der Waals surface area (Å²) < 4.78 is 11.9. The van der Waals surface area contributed by atoms with Crippen molar-refractivity contribution in [3.8, 4) is 23.0 Å². The van der Waals surface area contributed by atoms with Crippen LogP contribution in [0.2, 0.25) is 0 Å². The lowest BCUT2D eigenvalue weighted by Crippen LogP contribution is -2.29. The molecule has 3 rings (SSSR count). The molecule has 40 heavy (non-hydrogen) atoms. The molecule has 0 saturated carbocycles. The zero-order chi connectivity index (χ0) is 28.4. The van der Waals surface area contributed by atoms with E-state index >= 15 is 0 Å². The minimum absolute atomic E-state index is 0.231. The van der Waals surface area contributed by atoms with Gasteiger partial charge >= 0.3 is 12.1 Å². The number of rotatable bonds is 16. The first kappa shape index (κ1) is 30.3. The van der Waals surface area contributed by atoms with Gasteiger partial charge in [-0.05, 0) is 114 Å². The highest BCUT2D eigenvalue weighted by Gasteiger charge is 2.06. The number of carbonyl (C=O) groups excluding carboxylic acids is 2. The second-order valence-electron chi connectivity index (χ2n) is 9.11. The molecular weight excluding hydrogens is 508 g/mol. The number of anilines is 2. The van der Waals surface area contributed by atoms with Gasteiger partial charge in [0.05, 0.1) is 0 Å². The van der Waals surface area contributed by atoms with Crippen molar-refractivity contribution in [1.29, 1.82) is 0 Å². The van der Waals surface area contributed by atoms with Gasteiger partial charge in [0, 0.05) is 30.5 Å². The van der Waals surface area contributed by atoms with Crippen LogP contribution >= 0.6 is 0 Å². The van der Waals surface area contributed by atoms with Gasteiger partial charge in [0.15, 0.2) is 0 Å². The maximum atomic E-state index is 12.0. The predicted molar refractivity (Wildman–Crippen MR) is 160 cm³/mol. The van der Waals surface area contributed by atoms with E-state index in [-0.39, 0.29) is 12.1 Å². The third-order valence-electron chi connectivity index (χ3n) is 5.78. The molecule has 0 heterocycles. The Bertz CT molecular complexity index is 1080. The van der Waals surface area contributed by atoms with Crippen molar-refractivity contribution in [2.75, 3.05) is 50.9 Å². The zero-order valence-corrected chi connectivity index (χ0v) is 23.2. The number of urea groups is 2. The maximum absolute atomic E-state index is 12.0. The van der Waals surface area contributed by atoms with Crippen LogP contribution in [-0.4, -0.2) is 52.3 Å². The quantitative estimate of drug-likeness (QED) is 0.131. The van der Waals surface area contributed by atoms with Gasteiger partial charge in [0.1, 0.15) is 23.0 Å². The van der Waals surface area contributed by atoms with Crippen molar-refractivity contribution >= 4 is 23.4 Å². The van der Waals surface area contributed by atoms with Gasteiger partial charge in [0.2, 0.25) is 0 Å². The Kier molecular flexibility index (Phi) is 13.1. The van der Waals surface area contributed by atoms with Crippen molar-refractivity contribution in [2.24, 2.45) is 0 Å². The normalized spacial score (nSPS) is 10.4. The van der Waals surface area contributed by atoms with E-state index in [2.05, 4.69) is 31.9 Å². The van der Waals surface area contributed by atoms with Gasteiger partial charge in [-0.1, -0.05) is 6.07 Å². The summed E-state index contributed by atoms with van der Waals surface area (Å²) in [5.74, 6) is 2.49. The summed E-state index contributed by atoms with van der Waals surface area (Å²) in [6.45, 7) is 3.12. The molecule has 0 unspecified atom stereocenters. The van der Waals surface area contributed by atoms with Crippen LogP contribution in [0.15, 0.2) is 72.8 Å². The molecule has 10 nitrogen and oxygen atoms in total. The fourth-order valence-corrected chi connectivity index (χ4v) is 3.69. The van der Waals surface area contributed by atoms with E-state index in [4.69, 9.17) is 9.47 Å². The molecule has 3 aromatic carbocycles. The van der Waals surface area contributed by atoms with Crippen LogP contribution in [-0.2, 0) is 0 Å². The number of ether oxygens (including phenoxy) is 2. The van der Waals surface area contributed by atoms with Gasteiger partial charge in [-0.2, -0.15) is 0 Å². The molecule has 10 heteroatoms. The number of benzene rings is 3. The van der Waals surface area contributed by atoms with Crippen LogP contribution in [0.5, 0.6) is 23.0 Å². The lowest BCUT2D eigenvalue weighted by Gasteiger charge is -2.11. The summed E-state index contributed by atoms with van der Waals surface area (Å²) in [7, 11) is 3.83. The Labute approximate surface area is 236 Å².